The highest BCUT2D eigenvalue weighted by molar-refractivity contribution is 5.53. The van der Waals surface area contributed by atoms with Crippen LogP contribution in [-0.4, -0.2) is 43.1 Å². The van der Waals surface area contributed by atoms with E-state index >= 15 is 0 Å². The van der Waals surface area contributed by atoms with E-state index in [1.165, 1.54) is 11.4 Å². The van der Waals surface area contributed by atoms with Gasteiger partial charge in [-0.25, -0.2) is 4.68 Å². The van der Waals surface area contributed by atoms with Crippen LogP contribution in [0.3, 0.4) is 0 Å². The van der Waals surface area contributed by atoms with Crippen molar-refractivity contribution in [3.63, 3.8) is 0 Å². The quantitative estimate of drug-likeness (QED) is 0.931. The van der Waals surface area contributed by atoms with E-state index in [2.05, 4.69) is 28.3 Å². The summed E-state index contributed by atoms with van der Waals surface area (Å²) >= 11 is 0. The largest absolute Gasteiger partial charge is 0.497 e. The lowest BCUT2D eigenvalue weighted by Gasteiger charge is -2.29. The maximum absolute atomic E-state index is 5.31. The van der Waals surface area contributed by atoms with Crippen LogP contribution in [-0.2, 0) is 6.42 Å². The molecule has 2 heterocycles. The third-order valence-electron chi connectivity index (χ3n) is 3.94. The van der Waals surface area contributed by atoms with Gasteiger partial charge in [0.05, 0.1) is 30.4 Å². The minimum Gasteiger partial charge on any atom is -0.497 e. The Labute approximate surface area is 125 Å². The Bertz CT molecular complexity index is 602. The lowest BCUT2D eigenvalue weighted by Crippen LogP contribution is -2.43. The predicted octanol–water partition coefficient (Wildman–Crippen LogP) is 1.85. The lowest BCUT2D eigenvalue weighted by molar-refractivity contribution is 0.414. The van der Waals surface area contributed by atoms with Crippen molar-refractivity contribution in [2.75, 3.05) is 38.2 Å². The van der Waals surface area contributed by atoms with Gasteiger partial charge in [-0.05, 0) is 18.6 Å². The molecule has 0 saturated carbocycles. The molecule has 2 aromatic rings. The fourth-order valence-corrected chi connectivity index (χ4v) is 2.83. The van der Waals surface area contributed by atoms with Crippen LogP contribution in [0, 0.1) is 0 Å². The highest BCUT2D eigenvalue weighted by Gasteiger charge is 2.18. The fraction of sp³-hybridized carbons (Fsp3) is 0.438. The number of aromatic nitrogens is 2. The fourth-order valence-electron chi connectivity index (χ4n) is 2.83. The topological polar surface area (TPSA) is 42.3 Å². The first-order valence-electron chi connectivity index (χ1n) is 7.50. The van der Waals surface area contributed by atoms with Crippen molar-refractivity contribution in [2.45, 2.75) is 13.3 Å². The van der Waals surface area contributed by atoms with Crippen molar-refractivity contribution >= 4 is 5.69 Å². The van der Waals surface area contributed by atoms with Gasteiger partial charge < -0.3 is 15.0 Å². The number of ether oxygens (including phenoxy) is 1. The molecule has 1 aromatic carbocycles. The first kappa shape index (κ1) is 13.9. The van der Waals surface area contributed by atoms with E-state index in [1.807, 2.05) is 29.1 Å². The Morgan fingerprint density at radius 2 is 2.10 bits per heavy atom. The smallest absolute Gasteiger partial charge is 0.121 e. The summed E-state index contributed by atoms with van der Waals surface area (Å²) in [4.78, 5) is 2.42. The number of methoxy groups -OCH3 is 1. The molecule has 1 saturated heterocycles. The van der Waals surface area contributed by atoms with Gasteiger partial charge in [0.15, 0.2) is 0 Å². The highest BCUT2D eigenvalue weighted by atomic mass is 16.5. The standard InChI is InChI=1S/C16H22N4O/c1-3-15-16(19-9-7-17-8-10-19)12-18-20(15)13-5-4-6-14(11-13)21-2/h4-6,11-12,17H,3,7-10H2,1-2H3. The molecule has 1 aliphatic heterocycles. The molecule has 112 valence electrons. The van der Waals surface area contributed by atoms with Crippen LogP contribution < -0.4 is 15.0 Å². The second-order valence-corrected chi connectivity index (χ2v) is 5.18. The van der Waals surface area contributed by atoms with Gasteiger partial charge in [0.1, 0.15) is 5.75 Å². The van der Waals surface area contributed by atoms with Gasteiger partial charge in [-0.1, -0.05) is 13.0 Å². The summed E-state index contributed by atoms with van der Waals surface area (Å²) in [6, 6.07) is 8.04. The molecule has 0 radical (unpaired) electrons. The highest BCUT2D eigenvalue weighted by Crippen LogP contribution is 2.25. The molecule has 1 N–H and O–H groups in total. The number of anilines is 1. The van der Waals surface area contributed by atoms with Gasteiger partial charge in [-0.3, -0.25) is 0 Å². The first-order chi connectivity index (χ1) is 10.3. The Balaban J connectivity index is 1.97. The summed E-state index contributed by atoms with van der Waals surface area (Å²) in [5.41, 5.74) is 3.56. The second kappa shape index (κ2) is 6.18. The van der Waals surface area contributed by atoms with Crippen molar-refractivity contribution in [1.82, 2.24) is 15.1 Å². The van der Waals surface area contributed by atoms with Gasteiger partial charge in [0, 0.05) is 32.2 Å². The normalized spacial score (nSPS) is 15.2. The van der Waals surface area contributed by atoms with Crippen molar-refractivity contribution in [2.24, 2.45) is 0 Å². The molecule has 1 aromatic heterocycles. The van der Waals surface area contributed by atoms with Gasteiger partial charge in [-0.2, -0.15) is 5.10 Å². The van der Waals surface area contributed by atoms with Gasteiger partial charge in [0.25, 0.3) is 0 Å². The number of hydrogen-bond acceptors (Lipinski definition) is 4. The summed E-state index contributed by atoms with van der Waals surface area (Å²) in [5, 5.41) is 8.00. The van der Waals surface area contributed by atoms with Crippen LogP contribution in [0.1, 0.15) is 12.6 Å². The van der Waals surface area contributed by atoms with Crippen LogP contribution in [0.25, 0.3) is 5.69 Å². The molecule has 0 unspecified atom stereocenters. The van der Waals surface area contributed by atoms with Crippen molar-refractivity contribution in [1.29, 1.82) is 0 Å². The minimum atomic E-state index is 0.855. The second-order valence-electron chi connectivity index (χ2n) is 5.18. The average Bonchev–Trinajstić information content (AvgIpc) is 2.99. The molecular formula is C16H22N4O. The van der Waals surface area contributed by atoms with Crippen LogP contribution in [0.5, 0.6) is 5.75 Å². The SMILES string of the molecule is CCc1c(N2CCNCC2)cnn1-c1cccc(OC)c1. The summed E-state index contributed by atoms with van der Waals surface area (Å²) < 4.78 is 7.34. The van der Waals surface area contributed by atoms with Gasteiger partial charge in [-0.15, -0.1) is 0 Å². The van der Waals surface area contributed by atoms with Crippen molar-refractivity contribution in [3.05, 3.63) is 36.2 Å². The zero-order valence-corrected chi connectivity index (χ0v) is 12.7. The maximum Gasteiger partial charge on any atom is 0.121 e. The molecule has 0 aliphatic carbocycles. The third kappa shape index (κ3) is 2.74. The van der Waals surface area contributed by atoms with Gasteiger partial charge in [0.2, 0.25) is 0 Å². The Kier molecular flexibility index (Phi) is 4.10. The summed E-state index contributed by atoms with van der Waals surface area (Å²) in [7, 11) is 1.69. The van der Waals surface area contributed by atoms with Crippen LogP contribution in [0.4, 0.5) is 5.69 Å². The van der Waals surface area contributed by atoms with Crippen LogP contribution in [0.15, 0.2) is 30.5 Å². The molecule has 3 rings (SSSR count). The molecule has 1 aliphatic rings. The lowest BCUT2D eigenvalue weighted by atomic mass is 10.2. The summed E-state index contributed by atoms with van der Waals surface area (Å²) in [6.45, 7) is 6.33. The Morgan fingerprint density at radius 3 is 2.81 bits per heavy atom. The molecule has 21 heavy (non-hydrogen) atoms. The van der Waals surface area contributed by atoms with Crippen LogP contribution >= 0.6 is 0 Å². The molecule has 0 bridgehead atoms. The number of benzene rings is 1. The molecule has 1 fully saturated rings. The van der Waals surface area contributed by atoms with Gasteiger partial charge >= 0.3 is 0 Å². The minimum absolute atomic E-state index is 0.855. The molecular weight excluding hydrogens is 264 g/mol. The van der Waals surface area contributed by atoms with E-state index in [4.69, 9.17) is 4.74 Å². The third-order valence-corrected chi connectivity index (χ3v) is 3.94. The van der Waals surface area contributed by atoms with Crippen LogP contribution in [0.2, 0.25) is 0 Å². The monoisotopic (exact) mass is 286 g/mol. The van der Waals surface area contributed by atoms with E-state index in [9.17, 15) is 0 Å². The van der Waals surface area contributed by atoms with Crippen molar-refractivity contribution in [3.8, 4) is 11.4 Å². The number of nitrogens with one attached hydrogen (secondary N) is 1. The number of hydrogen-bond donors (Lipinski definition) is 1. The number of rotatable bonds is 4. The molecule has 5 heteroatoms. The first-order valence-corrected chi connectivity index (χ1v) is 7.50. The molecule has 0 spiro atoms. The molecule has 0 amide bonds. The van der Waals surface area contributed by atoms with E-state index in [0.717, 1.165) is 44.0 Å². The van der Waals surface area contributed by atoms with Crippen molar-refractivity contribution < 1.29 is 4.74 Å². The van der Waals surface area contributed by atoms with E-state index in [-0.39, 0.29) is 0 Å². The number of piperazine rings is 1. The average molecular weight is 286 g/mol. The Hall–Kier alpha value is -2.01. The maximum atomic E-state index is 5.31. The predicted molar refractivity (Wildman–Crippen MR) is 84.6 cm³/mol. The van der Waals surface area contributed by atoms with E-state index in [0.29, 0.717) is 0 Å². The molecule has 0 atom stereocenters. The Morgan fingerprint density at radius 1 is 1.29 bits per heavy atom. The summed E-state index contributed by atoms with van der Waals surface area (Å²) in [5.74, 6) is 0.855. The summed E-state index contributed by atoms with van der Waals surface area (Å²) in [6.07, 6.45) is 2.94. The van der Waals surface area contributed by atoms with E-state index in [1.54, 1.807) is 7.11 Å². The zero-order chi connectivity index (χ0) is 14.7. The number of nitrogens with zero attached hydrogens (tertiary/aromatic N) is 3. The molecule has 5 nitrogen and oxygen atoms in total. The van der Waals surface area contributed by atoms with E-state index < -0.39 is 0 Å². The zero-order valence-electron chi connectivity index (χ0n) is 12.7.